The molecule has 1 rings (SSSR count). The molecular formula is C16H32N2O3S. The van der Waals surface area contributed by atoms with E-state index >= 15 is 0 Å². The molecule has 0 N–H and O–H groups in total. The highest BCUT2D eigenvalue weighted by Crippen LogP contribution is 2.10. The minimum atomic E-state index is -2.91. The Hall–Kier alpha value is -1.40. The summed E-state index contributed by atoms with van der Waals surface area (Å²) in [4.78, 5) is 12.5. The van der Waals surface area contributed by atoms with Gasteiger partial charge < -0.3 is 4.90 Å². The molecule has 1 amide bonds. The van der Waals surface area contributed by atoms with Crippen molar-refractivity contribution in [2.45, 2.75) is 34.6 Å². The number of sulfonamides is 1. The Kier molecular flexibility index (Phi) is 16.9. The predicted molar refractivity (Wildman–Crippen MR) is 96.8 cm³/mol. The van der Waals surface area contributed by atoms with Crippen LogP contribution in [-0.4, -0.2) is 46.0 Å². The van der Waals surface area contributed by atoms with Gasteiger partial charge in [-0.2, -0.15) is 0 Å². The maximum absolute atomic E-state index is 10.9. The fraction of sp³-hybridized carbons (Fsp3) is 0.562. The Morgan fingerprint density at radius 1 is 0.909 bits per heavy atom. The lowest BCUT2D eigenvalue weighted by atomic mass is 10.3. The molecule has 0 spiro atoms. The third-order valence-corrected chi connectivity index (χ3v) is 3.61. The summed E-state index contributed by atoms with van der Waals surface area (Å²) in [6, 6.07) is 9.56. The van der Waals surface area contributed by atoms with E-state index in [9.17, 15) is 13.2 Å². The van der Waals surface area contributed by atoms with Gasteiger partial charge in [-0.25, -0.2) is 12.7 Å². The fourth-order valence-electron chi connectivity index (χ4n) is 0.833. The summed E-state index contributed by atoms with van der Waals surface area (Å²) >= 11 is 0. The molecule has 6 heteroatoms. The number of rotatable bonds is 2. The molecule has 0 aliphatic carbocycles. The van der Waals surface area contributed by atoms with Crippen LogP contribution in [0.4, 0.5) is 5.69 Å². The van der Waals surface area contributed by atoms with Gasteiger partial charge in [-0.05, 0) is 12.1 Å². The number of carbonyl (C=O) groups excluding carboxylic acids is 1. The predicted octanol–water partition coefficient (Wildman–Crippen LogP) is 3.23. The smallest absolute Gasteiger partial charge is 0.223 e. The zero-order valence-corrected chi connectivity index (χ0v) is 16.2. The number of hydrogen-bond acceptors (Lipinski definition) is 3. The van der Waals surface area contributed by atoms with Crippen LogP contribution in [0.1, 0.15) is 34.6 Å². The van der Waals surface area contributed by atoms with Crippen LogP contribution in [0.5, 0.6) is 0 Å². The van der Waals surface area contributed by atoms with Gasteiger partial charge in [-0.3, -0.25) is 4.79 Å². The van der Waals surface area contributed by atoms with Gasteiger partial charge in [0.25, 0.3) is 0 Å². The van der Waals surface area contributed by atoms with E-state index in [2.05, 4.69) is 0 Å². The second kappa shape index (κ2) is 14.5. The van der Waals surface area contributed by atoms with Crippen molar-refractivity contribution in [1.29, 1.82) is 0 Å². The lowest BCUT2D eigenvalue weighted by Crippen LogP contribution is -2.22. The molecular weight excluding hydrogens is 300 g/mol. The second-order valence-electron chi connectivity index (χ2n) is 3.96. The number of para-hydroxylation sites is 1. The molecule has 0 heterocycles. The van der Waals surface area contributed by atoms with Gasteiger partial charge in [0, 0.05) is 33.8 Å². The number of nitrogens with zero attached hydrogens (tertiary/aromatic N) is 2. The molecule has 0 aliphatic rings. The molecule has 0 saturated carbocycles. The second-order valence-corrected chi connectivity index (χ2v) is 6.16. The summed E-state index contributed by atoms with van der Waals surface area (Å²) in [6.07, 6.45) is 1.16. The summed E-state index contributed by atoms with van der Waals surface area (Å²) in [6.45, 7) is 9.55. The van der Waals surface area contributed by atoms with Crippen molar-refractivity contribution < 1.29 is 13.2 Å². The lowest BCUT2D eigenvalue weighted by Gasteiger charge is -2.13. The Morgan fingerprint density at radius 2 is 1.23 bits per heavy atom. The summed E-state index contributed by atoms with van der Waals surface area (Å²) in [5.41, 5.74) is 0.931. The van der Waals surface area contributed by atoms with E-state index in [1.807, 2.05) is 58.0 Å². The molecule has 0 aromatic heterocycles. The van der Waals surface area contributed by atoms with Crippen LogP contribution in [0.2, 0.25) is 0 Å². The molecule has 0 atom stereocenters. The van der Waals surface area contributed by atoms with E-state index in [1.165, 1.54) is 14.1 Å². The van der Waals surface area contributed by atoms with Crippen LogP contribution < -0.4 is 4.90 Å². The highest BCUT2D eigenvalue weighted by Gasteiger charge is 2.02. The van der Waals surface area contributed by atoms with Crippen LogP contribution in [0.25, 0.3) is 0 Å². The summed E-state index contributed by atoms with van der Waals surface area (Å²) in [5.74, 6) is 0.0520. The molecule has 0 radical (unpaired) electrons. The largest absolute Gasteiger partial charge is 0.316 e. The molecule has 0 fully saturated rings. The van der Waals surface area contributed by atoms with Gasteiger partial charge in [0.15, 0.2) is 0 Å². The summed E-state index contributed by atoms with van der Waals surface area (Å²) < 4.78 is 21.7. The highest BCUT2D eigenvalue weighted by molar-refractivity contribution is 7.88. The maximum Gasteiger partial charge on any atom is 0.223 e. The van der Waals surface area contributed by atoms with Crippen LogP contribution in [0.15, 0.2) is 30.3 Å². The first-order valence-electron chi connectivity index (χ1n) is 7.33. The molecule has 5 nitrogen and oxygen atoms in total. The molecule has 22 heavy (non-hydrogen) atoms. The zero-order valence-electron chi connectivity index (χ0n) is 15.4. The van der Waals surface area contributed by atoms with Crippen molar-refractivity contribution in [3.63, 3.8) is 0 Å². The Labute approximate surface area is 137 Å². The van der Waals surface area contributed by atoms with Crippen molar-refractivity contribution in [1.82, 2.24) is 4.31 Å². The minimum Gasteiger partial charge on any atom is -0.316 e. The van der Waals surface area contributed by atoms with Gasteiger partial charge in [0.2, 0.25) is 15.9 Å². The first kappa shape index (κ1) is 25.5. The first-order valence-corrected chi connectivity index (χ1v) is 9.18. The minimum absolute atomic E-state index is 0.0520. The molecule has 0 saturated heterocycles. The number of hydrogen-bond donors (Lipinski definition) is 0. The van der Waals surface area contributed by atoms with Gasteiger partial charge in [-0.1, -0.05) is 45.9 Å². The summed E-state index contributed by atoms with van der Waals surface area (Å²) in [7, 11) is 1.84. The van der Waals surface area contributed by atoms with Gasteiger partial charge in [0.05, 0.1) is 6.26 Å². The SMILES string of the molecule is CC.CC.CC(=O)N(C)c1ccccc1.CN(C)S(C)(=O)=O. The van der Waals surface area contributed by atoms with E-state index in [0.717, 1.165) is 16.2 Å². The highest BCUT2D eigenvalue weighted by atomic mass is 32.2. The van der Waals surface area contributed by atoms with E-state index < -0.39 is 10.0 Å². The zero-order chi connectivity index (χ0) is 18.3. The molecule has 0 unspecified atom stereocenters. The van der Waals surface area contributed by atoms with Crippen LogP contribution in [0, 0.1) is 0 Å². The average molecular weight is 333 g/mol. The molecule has 1 aromatic carbocycles. The lowest BCUT2D eigenvalue weighted by molar-refractivity contribution is -0.116. The average Bonchev–Trinajstić information content (AvgIpc) is 2.51. The van der Waals surface area contributed by atoms with E-state index in [4.69, 9.17) is 0 Å². The molecule has 0 bridgehead atoms. The Bertz CT molecular complexity index is 471. The van der Waals surface area contributed by atoms with Gasteiger partial charge in [-0.15, -0.1) is 0 Å². The summed E-state index contributed by atoms with van der Waals surface area (Å²) in [5, 5.41) is 0. The van der Waals surface area contributed by atoms with E-state index in [0.29, 0.717) is 0 Å². The number of amides is 1. The first-order chi connectivity index (χ1) is 10.2. The van der Waals surface area contributed by atoms with E-state index in [1.54, 1.807) is 18.9 Å². The Morgan fingerprint density at radius 3 is 1.45 bits per heavy atom. The van der Waals surface area contributed by atoms with Crippen molar-refractivity contribution in [2.24, 2.45) is 0 Å². The van der Waals surface area contributed by atoms with Crippen molar-refractivity contribution in [3.8, 4) is 0 Å². The molecule has 1 aromatic rings. The standard InChI is InChI=1S/C9H11NO.C3H9NO2S.2C2H6/c1-8(11)10(2)9-6-4-3-5-7-9;1-4(2)7(3,5)6;2*1-2/h3-7H,1-2H3;1-3H3;2*1-2H3. The molecule has 130 valence electrons. The number of anilines is 1. The monoisotopic (exact) mass is 332 g/mol. The third-order valence-electron chi connectivity index (χ3n) is 2.28. The van der Waals surface area contributed by atoms with Gasteiger partial charge >= 0.3 is 0 Å². The van der Waals surface area contributed by atoms with Crippen LogP contribution >= 0.6 is 0 Å². The normalized spacial score (nSPS) is 9.18. The fourth-order valence-corrected chi connectivity index (χ4v) is 0.833. The van der Waals surface area contributed by atoms with Crippen LogP contribution in [0.3, 0.4) is 0 Å². The van der Waals surface area contributed by atoms with Crippen molar-refractivity contribution in [3.05, 3.63) is 30.3 Å². The van der Waals surface area contributed by atoms with Crippen LogP contribution in [-0.2, 0) is 14.8 Å². The topological polar surface area (TPSA) is 57.7 Å². The quantitative estimate of drug-likeness (QED) is 0.835. The number of carbonyl (C=O) groups is 1. The van der Waals surface area contributed by atoms with Crippen molar-refractivity contribution >= 4 is 21.6 Å². The number of benzene rings is 1. The van der Waals surface area contributed by atoms with Gasteiger partial charge in [0.1, 0.15) is 0 Å². The maximum atomic E-state index is 10.9. The third kappa shape index (κ3) is 13.6. The van der Waals surface area contributed by atoms with Crippen molar-refractivity contribution in [2.75, 3.05) is 32.3 Å². The Balaban J connectivity index is -0.000000285. The molecule has 0 aliphatic heterocycles. The van der Waals surface area contributed by atoms with E-state index in [-0.39, 0.29) is 5.91 Å².